The average Bonchev–Trinajstić information content (AvgIpc) is 3.55. The van der Waals surface area contributed by atoms with Gasteiger partial charge < -0.3 is 24.8 Å². The normalized spacial score (nSPS) is 22.9. The van der Waals surface area contributed by atoms with E-state index in [0.717, 1.165) is 33.8 Å². The van der Waals surface area contributed by atoms with Crippen molar-refractivity contribution in [3.05, 3.63) is 69.3 Å². The Morgan fingerprint density at radius 1 is 1.12 bits per heavy atom. The fraction of sp³-hybridized carbons (Fsp3) is 0.333. The topological polar surface area (TPSA) is 141 Å². The predicted molar refractivity (Wildman–Crippen MR) is 137 cm³/mol. The number of aliphatic hydroxyl groups excluding tert-OH is 3. The van der Waals surface area contributed by atoms with Crippen LogP contribution in [-0.4, -0.2) is 76.4 Å². The summed E-state index contributed by atoms with van der Waals surface area (Å²) >= 11 is 8.93. The van der Waals surface area contributed by atoms with Gasteiger partial charge in [0.15, 0.2) is 23.2 Å². The second-order valence-electron chi connectivity index (χ2n) is 9.15. The molecule has 0 unspecified atom stereocenters. The first-order valence-electron chi connectivity index (χ1n) is 12.0. The van der Waals surface area contributed by atoms with E-state index in [1.807, 2.05) is 0 Å². The van der Waals surface area contributed by atoms with Crippen LogP contribution >= 0.6 is 27.5 Å². The Balaban J connectivity index is 1.57. The molecule has 4 aromatic rings. The average molecular weight is 682 g/mol. The Morgan fingerprint density at radius 2 is 1.86 bits per heavy atom. The highest BCUT2D eigenvalue weighted by molar-refractivity contribution is 9.10. The van der Waals surface area contributed by atoms with Crippen LogP contribution in [0.4, 0.5) is 22.0 Å². The van der Waals surface area contributed by atoms with Gasteiger partial charge in [0.05, 0.1) is 17.3 Å². The second kappa shape index (κ2) is 11.5. The van der Waals surface area contributed by atoms with Crippen molar-refractivity contribution >= 4 is 27.5 Å². The third-order valence-corrected chi connectivity index (χ3v) is 7.23. The molecule has 1 aliphatic heterocycles. The van der Waals surface area contributed by atoms with Crippen molar-refractivity contribution in [2.24, 2.45) is 0 Å². The summed E-state index contributed by atoms with van der Waals surface area (Å²) in [6.07, 6.45) is -10.2. The van der Waals surface area contributed by atoms with E-state index in [0.29, 0.717) is 0 Å². The summed E-state index contributed by atoms with van der Waals surface area (Å²) in [6.45, 7) is 0.664. The number of hydrogen-bond donors (Lipinski definition) is 3. The van der Waals surface area contributed by atoms with Gasteiger partial charge in [-0.25, -0.2) is 23.1 Å². The number of ether oxygens (including phenoxy) is 2. The minimum absolute atomic E-state index is 0.0250. The molecular formula is C24H19BrClF5N6O5. The van der Waals surface area contributed by atoms with Gasteiger partial charge in [-0.2, -0.15) is 5.10 Å². The largest absolute Gasteiger partial charge is 0.573 e. The number of alkyl halides is 3. The summed E-state index contributed by atoms with van der Waals surface area (Å²) in [5.41, 5.74) is -0.708. The van der Waals surface area contributed by atoms with Crippen LogP contribution in [0.25, 0.3) is 16.9 Å². The van der Waals surface area contributed by atoms with Gasteiger partial charge in [-0.05, 0) is 53.2 Å². The van der Waals surface area contributed by atoms with E-state index in [4.69, 9.17) is 16.3 Å². The van der Waals surface area contributed by atoms with Crippen LogP contribution in [-0.2, 0) is 4.74 Å². The minimum atomic E-state index is -5.07. The predicted octanol–water partition coefficient (Wildman–Crippen LogP) is 3.82. The third-order valence-electron chi connectivity index (χ3n) is 6.39. The lowest BCUT2D eigenvalue weighted by molar-refractivity contribution is -0.274. The van der Waals surface area contributed by atoms with Crippen molar-refractivity contribution in [3.63, 3.8) is 0 Å². The summed E-state index contributed by atoms with van der Waals surface area (Å²) in [5, 5.41) is 44.1. The molecule has 2 aromatic carbocycles. The van der Waals surface area contributed by atoms with Crippen molar-refractivity contribution in [1.82, 2.24) is 29.8 Å². The Kier molecular flexibility index (Phi) is 8.25. The van der Waals surface area contributed by atoms with E-state index in [1.165, 1.54) is 19.1 Å². The summed E-state index contributed by atoms with van der Waals surface area (Å²) in [6, 6.07) is 4.34. The fourth-order valence-corrected chi connectivity index (χ4v) is 5.03. The van der Waals surface area contributed by atoms with Gasteiger partial charge in [-0.15, -0.1) is 18.3 Å². The second-order valence-corrected chi connectivity index (χ2v) is 10.4. The molecule has 224 valence electrons. The van der Waals surface area contributed by atoms with Crippen LogP contribution < -0.4 is 4.74 Å². The van der Waals surface area contributed by atoms with E-state index in [1.54, 1.807) is 0 Å². The van der Waals surface area contributed by atoms with Gasteiger partial charge in [0.25, 0.3) is 0 Å². The quantitative estimate of drug-likeness (QED) is 0.205. The Hall–Kier alpha value is -3.22. The maximum atomic E-state index is 14.6. The summed E-state index contributed by atoms with van der Waals surface area (Å²) < 4.78 is 79.8. The third kappa shape index (κ3) is 5.71. The number of benzene rings is 2. The van der Waals surface area contributed by atoms with Crippen molar-refractivity contribution in [1.29, 1.82) is 0 Å². The number of nitrogens with zero attached hydrogens (tertiary/aromatic N) is 6. The van der Waals surface area contributed by atoms with Crippen LogP contribution in [0, 0.1) is 18.6 Å². The highest BCUT2D eigenvalue weighted by atomic mass is 79.9. The molecule has 18 heteroatoms. The number of aromatic nitrogens is 6. The van der Waals surface area contributed by atoms with Crippen molar-refractivity contribution in [2.75, 3.05) is 6.61 Å². The van der Waals surface area contributed by atoms with Gasteiger partial charge in [0.2, 0.25) is 0 Å². The van der Waals surface area contributed by atoms with E-state index >= 15 is 0 Å². The van der Waals surface area contributed by atoms with Crippen LogP contribution in [0.15, 0.2) is 41.0 Å². The molecule has 1 saturated heterocycles. The molecule has 1 aliphatic rings. The molecule has 5 rings (SSSR count). The van der Waals surface area contributed by atoms with Gasteiger partial charge in [-0.3, -0.25) is 0 Å². The molecule has 0 saturated carbocycles. The number of aryl methyl sites for hydroxylation is 1. The van der Waals surface area contributed by atoms with Crippen molar-refractivity contribution in [2.45, 2.75) is 43.7 Å². The highest BCUT2D eigenvalue weighted by Crippen LogP contribution is 2.40. The lowest BCUT2D eigenvalue weighted by Crippen LogP contribution is -2.53. The molecule has 3 heterocycles. The van der Waals surface area contributed by atoms with Crippen LogP contribution in [0.1, 0.15) is 23.8 Å². The zero-order chi connectivity index (χ0) is 30.5. The first-order chi connectivity index (χ1) is 19.8. The Labute approximate surface area is 246 Å². The van der Waals surface area contributed by atoms with Gasteiger partial charge in [0.1, 0.15) is 47.7 Å². The number of aliphatic hydroxyl groups is 3. The molecule has 0 aliphatic carbocycles. The Morgan fingerprint density at radius 3 is 2.55 bits per heavy atom. The maximum Gasteiger partial charge on any atom is 0.573 e. The Bertz CT molecular complexity index is 1620. The monoisotopic (exact) mass is 680 g/mol. The molecule has 11 nitrogen and oxygen atoms in total. The molecule has 42 heavy (non-hydrogen) atoms. The van der Waals surface area contributed by atoms with Gasteiger partial charge in [-0.1, -0.05) is 16.8 Å². The van der Waals surface area contributed by atoms with Crippen molar-refractivity contribution < 1.29 is 46.7 Å². The van der Waals surface area contributed by atoms with E-state index in [-0.39, 0.29) is 38.1 Å². The van der Waals surface area contributed by atoms with Gasteiger partial charge in [0, 0.05) is 10.6 Å². The van der Waals surface area contributed by atoms with Crippen LogP contribution in [0.3, 0.4) is 0 Å². The van der Waals surface area contributed by atoms with Gasteiger partial charge >= 0.3 is 6.36 Å². The van der Waals surface area contributed by atoms with E-state index in [2.05, 4.69) is 41.1 Å². The lowest BCUT2D eigenvalue weighted by atomic mass is 9.92. The van der Waals surface area contributed by atoms with Crippen molar-refractivity contribution in [3.8, 4) is 22.7 Å². The molecule has 0 bridgehead atoms. The number of hydrogen-bond acceptors (Lipinski definition) is 9. The lowest BCUT2D eigenvalue weighted by Gasteiger charge is -2.41. The first-order valence-corrected chi connectivity index (χ1v) is 13.1. The molecule has 1 fully saturated rings. The highest BCUT2D eigenvalue weighted by Gasteiger charge is 2.48. The fourth-order valence-electron chi connectivity index (χ4n) is 4.56. The smallest absolute Gasteiger partial charge is 0.403 e. The zero-order valence-corrected chi connectivity index (χ0v) is 23.4. The van der Waals surface area contributed by atoms with E-state index in [9.17, 15) is 37.3 Å². The summed E-state index contributed by atoms with van der Waals surface area (Å²) in [5.74, 6) is -3.26. The molecule has 0 radical (unpaired) electrons. The minimum Gasteiger partial charge on any atom is -0.403 e. The van der Waals surface area contributed by atoms with Crippen LogP contribution in [0.2, 0.25) is 5.02 Å². The summed E-state index contributed by atoms with van der Waals surface area (Å²) in [7, 11) is 0. The first kappa shape index (κ1) is 30.2. The molecule has 0 amide bonds. The molecule has 0 spiro atoms. The number of rotatable bonds is 6. The molecule has 5 atom stereocenters. The molecule has 3 N–H and O–H groups in total. The maximum absolute atomic E-state index is 14.6. The summed E-state index contributed by atoms with van der Waals surface area (Å²) in [4.78, 5) is 4.22. The standard InChI is InChI=1S/C24H19BrClF5N6O5/c1-9-32-23(37(34-9)14-6-10(26)2-5-15(14)42-24(29,30)31)22-21(40)19(20(39)16(8-38)41-22)36-7-13(33-35-36)11-3-4-12(25)18(28)17(11)27/h2-7,16,19-22,38-40H,8H2,1H3/t16-,19+,20+,21-,22-/m1/s1. The van der Waals surface area contributed by atoms with E-state index < -0.39 is 60.8 Å². The molecular weight excluding hydrogens is 663 g/mol. The van der Waals surface area contributed by atoms with Crippen LogP contribution in [0.5, 0.6) is 5.75 Å². The molecule has 2 aromatic heterocycles. The number of halogens is 7. The SMILES string of the molecule is Cc1nc([C@@H]2O[C@H](CO)[C@H](O)[C@H](n3cc(-c4ccc(Br)c(F)c4F)nn3)[C@H]2O)n(-c2cc(Cl)ccc2OC(F)(F)F)n1. The zero-order valence-electron chi connectivity index (χ0n) is 21.0.